The van der Waals surface area contributed by atoms with Gasteiger partial charge in [-0.05, 0) is 37.3 Å². The minimum Gasteiger partial charge on any atom is -0.297 e. The zero-order valence-corrected chi connectivity index (χ0v) is 9.68. The van der Waals surface area contributed by atoms with Crippen molar-refractivity contribution in [2.24, 2.45) is 0 Å². The number of rotatable bonds is 1. The van der Waals surface area contributed by atoms with Crippen LogP contribution in [-0.2, 0) is 0 Å². The summed E-state index contributed by atoms with van der Waals surface area (Å²) in [6.45, 7) is 2.54. The fraction of sp³-hybridized carbons (Fsp3) is 0.467. The molecule has 1 saturated heterocycles. The summed E-state index contributed by atoms with van der Waals surface area (Å²) in [5.41, 5.74) is 1.53. The molecule has 1 aromatic carbocycles. The molecule has 1 aromatic rings. The van der Waals surface area contributed by atoms with Crippen LogP contribution in [0.2, 0.25) is 0 Å². The molecule has 1 nitrogen and oxygen atoms in total. The van der Waals surface area contributed by atoms with Gasteiger partial charge in [-0.1, -0.05) is 42.5 Å². The van der Waals surface area contributed by atoms with Crippen LogP contribution in [0.5, 0.6) is 0 Å². The number of hydrogen-bond donors (Lipinski definition) is 0. The van der Waals surface area contributed by atoms with Gasteiger partial charge in [-0.3, -0.25) is 4.90 Å². The van der Waals surface area contributed by atoms with Gasteiger partial charge < -0.3 is 0 Å². The first-order valence-corrected chi connectivity index (χ1v) is 6.39. The largest absolute Gasteiger partial charge is 0.297 e. The molecule has 0 radical (unpaired) electrons. The van der Waals surface area contributed by atoms with E-state index < -0.39 is 0 Å². The standard InChI is InChI=1S/C15H19N/c1-2-6-13(7-3-1)14-9-11-16-10-5-4-8-15(16)12-14/h1-4,6-8,14-15H,5,9-12H2. The molecule has 0 bridgehead atoms. The van der Waals surface area contributed by atoms with Crippen molar-refractivity contribution in [2.45, 2.75) is 31.2 Å². The highest BCUT2D eigenvalue weighted by Gasteiger charge is 2.28. The van der Waals surface area contributed by atoms with Crippen LogP contribution in [0.4, 0.5) is 0 Å². The summed E-state index contributed by atoms with van der Waals surface area (Å²) in [6.07, 6.45) is 8.65. The van der Waals surface area contributed by atoms with Crippen molar-refractivity contribution >= 4 is 0 Å². The van der Waals surface area contributed by atoms with Crippen LogP contribution in [0.15, 0.2) is 42.5 Å². The first-order chi connectivity index (χ1) is 7.93. The van der Waals surface area contributed by atoms with E-state index in [0.29, 0.717) is 6.04 Å². The Kier molecular flexibility index (Phi) is 2.79. The fourth-order valence-electron chi connectivity index (χ4n) is 3.05. The van der Waals surface area contributed by atoms with Crippen molar-refractivity contribution in [1.82, 2.24) is 4.90 Å². The lowest BCUT2D eigenvalue weighted by molar-refractivity contribution is 0.160. The van der Waals surface area contributed by atoms with Crippen LogP contribution in [0.25, 0.3) is 0 Å². The second-order valence-corrected chi connectivity index (χ2v) is 4.95. The average Bonchev–Trinajstić information content (AvgIpc) is 2.39. The summed E-state index contributed by atoms with van der Waals surface area (Å²) in [5.74, 6) is 0.769. The van der Waals surface area contributed by atoms with E-state index in [0.717, 1.165) is 5.92 Å². The van der Waals surface area contributed by atoms with Gasteiger partial charge in [0.25, 0.3) is 0 Å². The zero-order valence-electron chi connectivity index (χ0n) is 9.68. The Bertz CT molecular complexity index is 368. The molecule has 2 atom stereocenters. The fourth-order valence-corrected chi connectivity index (χ4v) is 3.05. The number of fused-ring (bicyclic) bond motifs is 1. The van der Waals surface area contributed by atoms with Gasteiger partial charge >= 0.3 is 0 Å². The molecular formula is C15H19N. The van der Waals surface area contributed by atoms with E-state index in [9.17, 15) is 0 Å². The molecule has 2 aliphatic heterocycles. The number of piperidine rings is 1. The monoisotopic (exact) mass is 213 g/mol. The molecule has 0 N–H and O–H groups in total. The van der Waals surface area contributed by atoms with Gasteiger partial charge in [-0.15, -0.1) is 0 Å². The van der Waals surface area contributed by atoms with Gasteiger partial charge in [0.15, 0.2) is 0 Å². The van der Waals surface area contributed by atoms with Gasteiger partial charge in [0, 0.05) is 12.6 Å². The molecule has 0 aliphatic carbocycles. The molecular weight excluding hydrogens is 194 g/mol. The third-order valence-corrected chi connectivity index (χ3v) is 3.97. The quantitative estimate of drug-likeness (QED) is 0.648. The molecule has 3 rings (SSSR count). The molecule has 1 heteroatoms. The van der Waals surface area contributed by atoms with Crippen molar-refractivity contribution in [3.63, 3.8) is 0 Å². The summed E-state index contributed by atoms with van der Waals surface area (Å²) >= 11 is 0. The Hall–Kier alpha value is -1.08. The Labute approximate surface area is 97.8 Å². The van der Waals surface area contributed by atoms with E-state index in [1.807, 2.05) is 0 Å². The Morgan fingerprint density at radius 3 is 2.81 bits per heavy atom. The van der Waals surface area contributed by atoms with E-state index in [-0.39, 0.29) is 0 Å². The predicted molar refractivity (Wildman–Crippen MR) is 67.5 cm³/mol. The highest BCUT2D eigenvalue weighted by atomic mass is 15.2. The molecule has 0 saturated carbocycles. The number of hydrogen-bond acceptors (Lipinski definition) is 1. The molecule has 84 valence electrons. The van der Waals surface area contributed by atoms with Crippen molar-refractivity contribution in [3.05, 3.63) is 48.0 Å². The Balaban J connectivity index is 1.75. The van der Waals surface area contributed by atoms with E-state index in [1.165, 1.54) is 37.9 Å². The maximum absolute atomic E-state index is 2.64. The van der Waals surface area contributed by atoms with Crippen LogP contribution in [0.1, 0.15) is 30.7 Å². The van der Waals surface area contributed by atoms with Crippen LogP contribution in [0.3, 0.4) is 0 Å². The third-order valence-electron chi connectivity index (χ3n) is 3.97. The van der Waals surface area contributed by atoms with Gasteiger partial charge in [0.1, 0.15) is 0 Å². The van der Waals surface area contributed by atoms with Gasteiger partial charge in [-0.25, -0.2) is 0 Å². The lowest BCUT2D eigenvalue weighted by atomic mass is 9.84. The molecule has 2 aliphatic rings. The Morgan fingerprint density at radius 1 is 1.06 bits per heavy atom. The van der Waals surface area contributed by atoms with E-state index >= 15 is 0 Å². The molecule has 0 spiro atoms. The van der Waals surface area contributed by atoms with Crippen LogP contribution in [-0.4, -0.2) is 24.0 Å². The third kappa shape index (κ3) is 1.92. The molecule has 2 heterocycles. The van der Waals surface area contributed by atoms with Crippen molar-refractivity contribution in [1.29, 1.82) is 0 Å². The highest BCUT2D eigenvalue weighted by Crippen LogP contribution is 2.33. The summed E-state index contributed by atoms with van der Waals surface area (Å²) in [4.78, 5) is 2.64. The van der Waals surface area contributed by atoms with Crippen LogP contribution >= 0.6 is 0 Å². The molecule has 2 unspecified atom stereocenters. The first kappa shape index (κ1) is 10.1. The minimum atomic E-state index is 0.702. The number of nitrogens with zero attached hydrogens (tertiary/aromatic N) is 1. The summed E-state index contributed by atoms with van der Waals surface area (Å²) in [5, 5.41) is 0. The smallest absolute Gasteiger partial charge is 0.0284 e. The van der Waals surface area contributed by atoms with E-state index in [1.54, 1.807) is 0 Å². The van der Waals surface area contributed by atoms with Crippen molar-refractivity contribution < 1.29 is 0 Å². The van der Waals surface area contributed by atoms with Gasteiger partial charge in [-0.2, -0.15) is 0 Å². The second kappa shape index (κ2) is 4.42. The summed E-state index contributed by atoms with van der Waals surface area (Å²) < 4.78 is 0. The maximum Gasteiger partial charge on any atom is 0.0284 e. The lowest BCUT2D eigenvalue weighted by Gasteiger charge is -2.40. The molecule has 0 aromatic heterocycles. The zero-order chi connectivity index (χ0) is 10.8. The van der Waals surface area contributed by atoms with E-state index in [2.05, 4.69) is 47.4 Å². The summed E-state index contributed by atoms with van der Waals surface area (Å²) in [6, 6.07) is 11.7. The van der Waals surface area contributed by atoms with Crippen molar-refractivity contribution in [3.8, 4) is 0 Å². The predicted octanol–water partition coefficient (Wildman–Crippen LogP) is 3.19. The maximum atomic E-state index is 2.64. The molecule has 1 fully saturated rings. The highest BCUT2D eigenvalue weighted by molar-refractivity contribution is 5.21. The lowest BCUT2D eigenvalue weighted by Crippen LogP contribution is -2.42. The van der Waals surface area contributed by atoms with Crippen LogP contribution in [0, 0.1) is 0 Å². The van der Waals surface area contributed by atoms with Gasteiger partial charge in [0.2, 0.25) is 0 Å². The molecule has 0 amide bonds. The second-order valence-electron chi connectivity index (χ2n) is 4.95. The van der Waals surface area contributed by atoms with Crippen LogP contribution < -0.4 is 0 Å². The topological polar surface area (TPSA) is 3.24 Å². The molecule has 16 heavy (non-hydrogen) atoms. The normalized spacial score (nSPS) is 30.0. The SMILES string of the molecule is C1=CC2CC(c3ccccc3)CCN2CC1. The Morgan fingerprint density at radius 2 is 1.94 bits per heavy atom. The van der Waals surface area contributed by atoms with Gasteiger partial charge in [0.05, 0.1) is 0 Å². The summed E-state index contributed by atoms with van der Waals surface area (Å²) in [7, 11) is 0. The average molecular weight is 213 g/mol. The minimum absolute atomic E-state index is 0.702. The first-order valence-electron chi connectivity index (χ1n) is 6.39. The number of benzene rings is 1. The van der Waals surface area contributed by atoms with E-state index in [4.69, 9.17) is 0 Å². The van der Waals surface area contributed by atoms with Crippen molar-refractivity contribution in [2.75, 3.05) is 13.1 Å².